The fourth-order valence-corrected chi connectivity index (χ4v) is 2.97. The Morgan fingerprint density at radius 1 is 0.955 bits per heavy atom. The molecule has 0 saturated carbocycles. The van der Waals surface area contributed by atoms with Crippen LogP contribution in [0.25, 0.3) is 22.0 Å². The molecule has 1 heterocycles. The molecule has 0 saturated heterocycles. The Bertz CT molecular complexity index is 857. The highest BCUT2D eigenvalue weighted by Crippen LogP contribution is 2.34. The van der Waals surface area contributed by atoms with Crippen LogP contribution in [0.5, 0.6) is 0 Å². The summed E-state index contributed by atoms with van der Waals surface area (Å²) in [6, 6.07) is 12.2. The van der Waals surface area contributed by atoms with Crippen LogP contribution in [0.4, 0.5) is 11.5 Å². The third-order valence-corrected chi connectivity index (χ3v) is 3.89. The van der Waals surface area contributed by atoms with Crippen molar-refractivity contribution < 1.29 is 0 Å². The molecule has 3 aromatic rings. The molecule has 22 heavy (non-hydrogen) atoms. The molecule has 4 N–H and O–H groups in total. The number of hydrogen-bond donors (Lipinski definition) is 2. The summed E-state index contributed by atoms with van der Waals surface area (Å²) >= 11 is 0. The third kappa shape index (κ3) is 2.60. The lowest BCUT2D eigenvalue weighted by Crippen LogP contribution is -2.00. The van der Waals surface area contributed by atoms with Gasteiger partial charge in [-0.3, -0.25) is 0 Å². The van der Waals surface area contributed by atoms with E-state index < -0.39 is 0 Å². The van der Waals surface area contributed by atoms with Crippen LogP contribution in [-0.2, 0) is 0 Å². The molecule has 0 aliphatic heterocycles. The van der Waals surface area contributed by atoms with E-state index in [1.807, 2.05) is 18.2 Å². The highest BCUT2D eigenvalue weighted by molar-refractivity contribution is 6.00. The van der Waals surface area contributed by atoms with Crippen molar-refractivity contribution in [3.8, 4) is 11.3 Å². The Morgan fingerprint density at radius 3 is 2.36 bits per heavy atom. The van der Waals surface area contributed by atoms with Crippen LogP contribution in [0.3, 0.4) is 0 Å². The molecule has 0 bridgehead atoms. The fraction of sp³-hybridized carbons (Fsp3) is 0.167. The van der Waals surface area contributed by atoms with Gasteiger partial charge in [0.1, 0.15) is 5.82 Å². The predicted molar refractivity (Wildman–Crippen MR) is 97.5 cm³/mol. The van der Waals surface area contributed by atoms with Crippen molar-refractivity contribution in [1.82, 2.24) is 4.98 Å². The standard InChI is InChI=1S/C18H19N3.ClH/c1-10-5-4-6-13(7-10)17-12(3)16-11(2)8-14(19)9-15(16)18(20)21-17;/h4-9H,19H2,1-3H3,(H2,20,21);1H. The van der Waals surface area contributed by atoms with Gasteiger partial charge >= 0.3 is 0 Å². The highest BCUT2D eigenvalue weighted by atomic mass is 35.5. The minimum atomic E-state index is 0. The molecule has 0 fully saturated rings. The first-order valence-corrected chi connectivity index (χ1v) is 7.00. The lowest BCUT2D eigenvalue weighted by molar-refractivity contribution is 1.30. The van der Waals surface area contributed by atoms with Crippen LogP contribution in [-0.4, -0.2) is 4.98 Å². The predicted octanol–water partition coefficient (Wildman–Crippen LogP) is 4.41. The number of aryl methyl sites for hydroxylation is 3. The second-order valence-electron chi connectivity index (χ2n) is 5.60. The summed E-state index contributed by atoms with van der Waals surface area (Å²) in [7, 11) is 0. The summed E-state index contributed by atoms with van der Waals surface area (Å²) in [5.41, 5.74) is 18.3. The number of halogens is 1. The van der Waals surface area contributed by atoms with E-state index >= 15 is 0 Å². The van der Waals surface area contributed by atoms with Crippen molar-refractivity contribution in [3.05, 3.63) is 53.1 Å². The van der Waals surface area contributed by atoms with E-state index in [2.05, 4.69) is 44.0 Å². The van der Waals surface area contributed by atoms with Crippen molar-refractivity contribution in [2.45, 2.75) is 20.8 Å². The zero-order chi connectivity index (χ0) is 15.1. The van der Waals surface area contributed by atoms with Gasteiger partial charge < -0.3 is 11.5 Å². The quantitative estimate of drug-likeness (QED) is 0.654. The second-order valence-corrected chi connectivity index (χ2v) is 5.60. The maximum atomic E-state index is 6.17. The largest absolute Gasteiger partial charge is 0.399 e. The SMILES string of the molecule is Cc1cccc(-c2nc(N)c3cc(N)cc(C)c3c2C)c1.Cl. The van der Waals surface area contributed by atoms with E-state index in [4.69, 9.17) is 11.5 Å². The van der Waals surface area contributed by atoms with Crippen molar-refractivity contribution in [1.29, 1.82) is 0 Å². The second kappa shape index (κ2) is 5.85. The number of nitrogens with two attached hydrogens (primary N) is 2. The molecule has 0 aliphatic rings. The van der Waals surface area contributed by atoms with Crippen LogP contribution in [0, 0.1) is 20.8 Å². The first kappa shape index (κ1) is 16.1. The summed E-state index contributed by atoms with van der Waals surface area (Å²) < 4.78 is 0. The molecule has 0 spiro atoms. The maximum absolute atomic E-state index is 6.17. The number of anilines is 2. The van der Waals surface area contributed by atoms with Gasteiger partial charge in [-0.1, -0.05) is 23.8 Å². The topological polar surface area (TPSA) is 64.9 Å². The molecular formula is C18H20ClN3. The normalized spacial score (nSPS) is 10.5. The van der Waals surface area contributed by atoms with Crippen molar-refractivity contribution in [2.75, 3.05) is 11.5 Å². The van der Waals surface area contributed by atoms with E-state index in [1.165, 1.54) is 5.56 Å². The van der Waals surface area contributed by atoms with Crippen molar-refractivity contribution in [2.24, 2.45) is 0 Å². The summed E-state index contributed by atoms with van der Waals surface area (Å²) in [5.74, 6) is 0.530. The molecule has 4 heteroatoms. The number of hydrogen-bond acceptors (Lipinski definition) is 3. The first-order chi connectivity index (χ1) is 9.97. The van der Waals surface area contributed by atoms with Gasteiger partial charge in [-0.05, 0) is 55.5 Å². The monoisotopic (exact) mass is 313 g/mol. The minimum Gasteiger partial charge on any atom is -0.399 e. The summed E-state index contributed by atoms with van der Waals surface area (Å²) in [6.07, 6.45) is 0. The summed E-state index contributed by atoms with van der Waals surface area (Å²) in [5, 5.41) is 2.08. The molecule has 114 valence electrons. The van der Waals surface area contributed by atoms with Crippen LogP contribution >= 0.6 is 12.4 Å². The maximum Gasteiger partial charge on any atom is 0.132 e. The molecule has 1 aromatic heterocycles. The highest BCUT2D eigenvalue weighted by Gasteiger charge is 2.13. The van der Waals surface area contributed by atoms with Gasteiger partial charge in [0.15, 0.2) is 0 Å². The number of pyridine rings is 1. The van der Waals surface area contributed by atoms with Gasteiger partial charge in [-0.2, -0.15) is 0 Å². The average Bonchev–Trinajstić information content (AvgIpc) is 2.42. The van der Waals surface area contributed by atoms with Gasteiger partial charge in [-0.15, -0.1) is 12.4 Å². The Morgan fingerprint density at radius 2 is 1.68 bits per heavy atom. The molecule has 2 aromatic carbocycles. The lowest BCUT2D eigenvalue weighted by Gasteiger charge is -2.14. The molecule has 0 amide bonds. The Balaban J connectivity index is 0.00000176. The van der Waals surface area contributed by atoms with E-state index in [0.717, 1.165) is 38.8 Å². The Kier molecular flexibility index (Phi) is 4.29. The Labute approximate surface area is 136 Å². The van der Waals surface area contributed by atoms with Gasteiger partial charge in [0.05, 0.1) is 5.69 Å². The third-order valence-electron chi connectivity index (χ3n) is 3.89. The smallest absolute Gasteiger partial charge is 0.132 e. The zero-order valence-corrected chi connectivity index (χ0v) is 13.8. The molecule has 3 rings (SSSR count). The van der Waals surface area contributed by atoms with Gasteiger partial charge in [-0.25, -0.2) is 4.98 Å². The summed E-state index contributed by atoms with van der Waals surface area (Å²) in [4.78, 5) is 4.62. The molecule has 0 unspecified atom stereocenters. The number of aromatic nitrogens is 1. The van der Waals surface area contributed by atoms with E-state index in [9.17, 15) is 0 Å². The number of rotatable bonds is 1. The number of fused-ring (bicyclic) bond motifs is 1. The molecule has 0 radical (unpaired) electrons. The fourth-order valence-electron chi connectivity index (χ4n) is 2.97. The van der Waals surface area contributed by atoms with E-state index in [-0.39, 0.29) is 12.4 Å². The molecule has 3 nitrogen and oxygen atoms in total. The number of benzene rings is 2. The van der Waals surface area contributed by atoms with Crippen molar-refractivity contribution >= 4 is 34.7 Å². The number of nitrogen functional groups attached to an aromatic ring is 2. The first-order valence-electron chi connectivity index (χ1n) is 7.00. The molecule has 0 atom stereocenters. The van der Waals surface area contributed by atoms with Crippen LogP contribution in [0.1, 0.15) is 16.7 Å². The van der Waals surface area contributed by atoms with Crippen LogP contribution in [0.15, 0.2) is 36.4 Å². The van der Waals surface area contributed by atoms with Crippen LogP contribution in [0.2, 0.25) is 0 Å². The summed E-state index contributed by atoms with van der Waals surface area (Å²) in [6.45, 7) is 6.23. The van der Waals surface area contributed by atoms with Gasteiger partial charge in [0, 0.05) is 16.6 Å². The molecular weight excluding hydrogens is 294 g/mol. The van der Waals surface area contributed by atoms with E-state index in [0.29, 0.717) is 5.82 Å². The van der Waals surface area contributed by atoms with Gasteiger partial charge in [0.2, 0.25) is 0 Å². The zero-order valence-electron chi connectivity index (χ0n) is 13.0. The van der Waals surface area contributed by atoms with Crippen LogP contribution < -0.4 is 11.5 Å². The Hall–Kier alpha value is -2.26. The average molecular weight is 314 g/mol. The van der Waals surface area contributed by atoms with Gasteiger partial charge in [0.25, 0.3) is 0 Å². The molecule has 0 aliphatic carbocycles. The minimum absolute atomic E-state index is 0. The lowest BCUT2D eigenvalue weighted by atomic mass is 9.96. The van der Waals surface area contributed by atoms with E-state index in [1.54, 1.807) is 0 Å². The van der Waals surface area contributed by atoms with Crippen molar-refractivity contribution in [3.63, 3.8) is 0 Å². The number of nitrogens with zero attached hydrogens (tertiary/aromatic N) is 1.